The predicted octanol–water partition coefficient (Wildman–Crippen LogP) is 4.65. The van der Waals surface area contributed by atoms with Crippen molar-refractivity contribution in [1.29, 1.82) is 0 Å². The second-order valence-corrected chi connectivity index (χ2v) is 8.43. The van der Waals surface area contributed by atoms with E-state index in [4.69, 9.17) is 14.2 Å². The second kappa shape index (κ2) is 9.11. The number of hydrogen-bond acceptors (Lipinski definition) is 4. The van der Waals surface area contributed by atoms with Crippen LogP contribution in [-0.2, 0) is 20.6 Å². The normalized spacial score (nSPS) is 18.2. The van der Waals surface area contributed by atoms with Crippen LogP contribution in [0.1, 0.15) is 35.3 Å². The second-order valence-electron chi connectivity index (χ2n) is 7.19. The maximum absolute atomic E-state index is 14.4. The van der Waals surface area contributed by atoms with E-state index in [2.05, 4.69) is 0 Å². The predicted molar refractivity (Wildman–Crippen MR) is 108 cm³/mol. The number of carbonyl (C=O) groups excluding carboxylic acids is 1. The molecule has 156 valence electrons. The summed E-state index contributed by atoms with van der Waals surface area (Å²) in [6.07, 6.45) is -0.565. The lowest BCUT2D eigenvalue weighted by Crippen LogP contribution is -2.25. The Morgan fingerprint density at radius 3 is 2.62 bits per heavy atom. The molecule has 1 fully saturated rings. The van der Waals surface area contributed by atoms with E-state index in [1.54, 1.807) is 19.9 Å². The van der Waals surface area contributed by atoms with E-state index in [-0.39, 0.29) is 42.4 Å². The van der Waals surface area contributed by atoms with E-state index in [0.717, 1.165) is 6.07 Å². The van der Waals surface area contributed by atoms with Gasteiger partial charge in [-0.2, -0.15) is 0 Å². The summed E-state index contributed by atoms with van der Waals surface area (Å²) in [5.74, 6) is -4.03. The van der Waals surface area contributed by atoms with Crippen molar-refractivity contribution in [2.75, 3.05) is 19.8 Å². The van der Waals surface area contributed by atoms with Crippen LogP contribution in [0.3, 0.4) is 0 Å². The summed E-state index contributed by atoms with van der Waals surface area (Å²) >= 11 is 1.95. The number of Topliss-reactive ketones (excluding diaryl/α,β-unsaturated/α-hetero) is 1. The smallest absolute Gasteiger partial charge is 0.188 e. The fraction of sp³-hybridized carbons (Fsp3) is 0.381. The number of hydrogen-bond donors (Lipinski definition) is 0. The van der Waals surface area contributed by atoms with Crippen LogP contribution in [0.15, 0.2) is 30.3 Å². The van der Waals surface area contributed by atoms with Crippen molar-refractivity contribution in [2.45, 2.75) is 32.2 Å². The zero-order valence-electron chi connectivity index (χ0n) is 15.9. The average molecular weight is 520 g/mol. The van der Waals surface area contributed by atoms with Crippen LogP contribution in [0.5, 0.6) is 0 Å². The summed E-state index contributed by atoms with van der Waals surface area (Å²) in [6.45, 7) is 3.67. The Morgan fingerprint density at radius 2 is 1.97 bits per heavy atom. The highest BCUT2D eigenvalue weighted by Crippen LogP contribution is 2.25. The van der Waals surface area contributed by atoms with Crippen molar-refractivity contribution in [3.05, 3.63) is 68.0 Å². The van der Waals surface area contributed by atoms with Crippen molar-refractivity contribution in [2.24, 2.45) is 0 Å². The van der Waals surface area contributed by atoms with Crippen molar-refractivity contribution >= 4 is 28.4 Å². The quantitative estimate of drug-likeness (QED) is 0.394. The Labute approximate surface area is 180 Å². The Hall–Kier alpha value is -1.49. The number of halogens is 4. The molecule has 1 aliphatic heterocycles. The van der Waals surface area contributed by atoms with Crippen LogP contribution in [-0.4, -0.2) is 37.5 Å². The topological polar surface area (TPSA) is 44.8 Å². The SMILES string of the molecule is CC1(C)OC[C@H](COCC(=O)c2ccc(F)c(F)c2Cc2ccc(I)cc2F)O1. The first-order chi connectivity index (χ1) is 13.7. The summed E-state index contributed by atoms with van der Waals surface area (Å²) in [7, 11) is 0. The average Bonchev–Trinajstić information content (AvgIpc) is 2.99. The van der Waals surface area contributed by atoms with E-state index in [9.17, 15) is 18.0 Å². The number of ketones is 1. The van der Waals surface area contributed by atoms with Crippen molar-refractivity contribution in [3.63, 3.8) is 0 Å². The molecule has 1 aliphatic rings. The van der Waals surface area contributed by atoms with E-state index in [1.807, 2.05) is 22.6 Å². The van der Waals surface area contributed by atoms with Gasteiger partial charge in [0.05, 0.1) is 13.2 Å². The first-order valence-electron chi connectivity index (χ1n) is 9.00. The van der Waals surface area contributed by atoms with E-state index < -0.39 is 29.0 Å². The van der Waals surface area contributed by atoms with Crippen LogP contribution in [0, 0.1) is 21.0 Å². The van der Waals surface area contributed by atoms with E-state index in [1.165, 1.54) is 18.2 Å². The van der Waals surface area contributed by atoms with Crippen molar-refractivity contribution in [3.8, 4) is 0 Å². The molecule has 29 heavy (non-hydrogen) atoms. The Balaban J connectivity index is 1.73. The largest absolute Gasteiger partial charge is 0.371 e. The molecule has 8 heteroatoms. The zero-order valence-corrected chi connectivity index (χ0v) is 18.1. The molecule has 4 nitrogen and oxygen atoms in total. The van der Waals surface area contributed by atoms with Crippen LogP contribution in [0.25, 0.3) is 0 Å². The molecular weight excluding hydrogens is 500 g/mol. The molecule has 1 saturated heterocycles. The monoisotopic (exact) mass is 520 g/mol. The minimum Gasteiger partial charge on any atom is -0.371 e. The fourth-order valence-electron chi connectivity index (χ4n) is 3.09. The van der Waals surface area contributed by atoms with Crippen LogP contribution in [0.2, 0.25) is 0 Å². The van der Waals surface area contributed by atoms with Gasteiger partial charge in [-0.3, -0.25) is 4.79 Å². The van der Waals surface area contributed by atoms with Gasteiger partial charge in [0.2, 0.25) is 0 Å². The van der Waals surface area contributed by atoms with Gasteiger partial charge in [-0.15, -0.1) is 0 Å². The Bertz CT molecular complexity index is 917. The fourth-order valence-corrected chi connectivity index (χ4v) is 3.54. The summed E-state index contributed by atoms with van der Waals surface area (Å²) in [4.78, 5) is 12.6. The number of benzene rings is 2. The minimum absolute atomic E-state index is 0.0363. The minimum atomic E-state index is -1.16. The third-order valence-corrected chi connectivity index (χ3v) is 5.15. The highest BCUT2D eigenvalue weighted by molar-refractivity contribution is 14.1. The molecule has 0 saturated carbocycles. The number of ether oxygens (including phenoxy) is 3. The van der Waals surface area contributed by atoms with Crippen molar-refractivity contribution in [1.82, 2.24) is 0 Å². The molecule has 2 aromatic carbocycles. The van der Waals surface area contributed by atoms with Crippen molar-refractivity contribution < 1.29 is 32.2 Å². The molecule has 0 aromatic heterocycles. The van der Waals surface area contributed by atoms with Gasteiger partial charge in [-0.1, -0.05) is 6.07 Å². The van der Waals surface area contributed by atoms with E-state index >= 15 is 0 Å². The zero-order chi connectivity index (χ0) is 21.2. The molecule has 0 amide bonds. The molecule has 0 bridgehead atoms. The van der Waals surface area contributed by atoms with Gasteiger partial charge in [0, 0.05) is 21.1 Å². The Kier molecular flexibility index (Phi) is 6.98. The van der Waals surface area contributed by atoms with Gasteiger partial charge < -0.3 is 14.2 Å². The molecule has 0 spiro atoms. The molecule has 2 aromatic rings. The van der Waals surface area contributed by atoms with Crippen LogP contribution < -0.4 is 0 Å². The van der Waals surface area contributed by atoms with Gasteiger partial charge in [-0.05, 0) is 66.3 Å². The molecule has 1 heterocycles. The van der Waals surface area contributed by atoms with Gasteiger partial charge in [0.25, 0.3) is 0 Å². The lowest BCUT2D eigenvalue weighted by Gasteiger charge is -2.17. The molecule has 0 unspecified atom stereocenters. The molecule has 0 radical (unpaired) electrons. The molecular formula is C21H20F3IO4. The highest BCUT2D eigenvalue weighted by atomic mass is 127. The molecule has 1 atom stereocenters. The van der Waals surface area contributed by atoms with Crippen LogP contribution >= 0.6 is 22.6 Å². The van der Waals surface area contributed by atoms with Gasteiger partial charge in [0.1, 0.15) is 18.5 Å². The maximum Gasteiger partial charge on any atom is 0.188 e. The lowest BCUT2D eigenvalue weighted by molar-refractivity contribution is -0.144. The number of rotatable bonds is 7. The standard InChI is InChI=1S/C21H20F3IO4/c1-21(2)28-10-14(29-21)9-27-11-19(26)15-5-6-17(22)20(24)16(15)7-12-3-4-13(25)8-18(12)23/h3-6,8,14H,7,9-11H2,1-2H3/t14-/m0/s1. The van der Waals surface area contributed by atoms with Crippen LogP contribution in [0.4, 0.5) is 13.2 Å². The van der Waals surface area contributed by atoms with Gasteiger partial charge in [-0.25, -0.2) is 13.2 Å². The first kappa shape index (κ1) is 22.2. The third-order valence-electron chi connectivity index (χ3n) is 4.48. The van der Waals surface area contributed by atoms with Gasteiger partial charge >= 0.3 is 0 Å². The summed E-state index contributed by atoms with van der Waals surface area (Å²) < 4.78 is 59.5. The Morgan fingerprint density at radius 1 is 1.21 bits per heavy atom. The summed E-state index contributed by atoms with van der Waals surface area (Å²) in [5.41, 5.74) is -0.0605. The third kappa shape index (κ3) is 5.56. The molecule has 0 N–H and O–H groups in total. The summed E-state index contributed by atoms with van der Waals surface area (Å²) in [5, 5.41) is 0. The molecule has 3 rings (SSSR count). The van der Waals surface area contributed by atoms with Gasteiger partial charge in [0.15, 0.2) is 23.2 Å². The first-order valence-corrected chi connectivity index (χ1v) is 10.1. The lowest BCUT2D eigenvalue weighted by atomic mass is 9.96. The maximum atomic E-state index is 14.4. The van der Waals surface area contributed by atoms with E-state index in [0.29, 0.717) is 10.2 Å². The molecule has 0 aliphatic carbocycles. The summed E-state index contributed by atoms with van der Waals surface area (Å²) in [6, 6.07) is 6.52. The number of carbonyl (C=O) groups is 1. The highest BCUT2D eigenvalue weighted by Gasteiger charge is 2.32.